The second-order valence-electron chi connectivity index (χ2n) is 4.15. The lowest BCUT2D eigenvalue weighted by atomic mass is 10.3. The van der Waals surface area contributed by atoms with E-state index in [4.69, 9.17) is 5.73 Å². The summed E-state index contributed by atoms with van der Waals surface area (Å²) in [5.41, 5.74) is 6.13. The van der Waals surface area contributed by atoms with Crippen LogP contribution >= 0.6 is 15.9 Å². The first-order chi connectivity index (χ1) is 8.30. The molecular weight excluding hydrogens is 316 g/mol. The van der Waals surface area contributed by atoms with Crippen molar-refractivity contribution in [3.8, 4) is 0 Å². The Morgan fingerprint density at radius 2 is 2.11 bits per heavy atom. The Bertz CT molecular complexity index is 541. The molecule has 6 heteroatoms. The highest BCUT2D eigenvalue weighted by Gasteiger charge is 2.27. The predicted octanol–water partition coefficient (Wildman–Crippen LogP) is 2.62. The molecule has 100 valence electrons. The molecule has 1 rings (SSSR count). The Hall–Kier alpha value is -0.850. The van der Waals surface area contributed by atoms with E-state index in [0.717, 1.165) is 0 Å². The van der Waals surface area contributed by atoms with Gasteiger partial charge >= 0.3 is 0 Å². The number of hydrogen-bond donors (Lipinski definition) is 1. The number of sulfonamides is 1. The number of anilines is 1. The zero-order valence-corrected chi connectivity index (χ0v) is 12.8. The van der Waals surface area contributed by atoms with Gasteiger partial charge in [-0.05, 0) is 48.0 Å². The van der Waals surface area contributed by atoms with E-state index >= 15 is 0 Å². The monoisotopic (exact) mass is 332 g/mol. The van der Waals surface area contributed by atoms with Crippen molar-refractivity contribution < 1.29 is 8.42 Å². The topological polar surface area (TPSA) is 63.4 Å². The standard InChI is InChI=1S/C12H17BrN2O2S/c1-4-7-15(9(2)3)18(16,17)12-6-5-10(14)8-11(12)13/h4-6,8-9H,1,7,14H2,2-3H3. The lowest BCUT2D eigenvalue weighted by molar-refractivity contribution is 0.382. The lowest BCUT2D eigenvalue weighted by Gasteiger charge is -2.25. The molecule has 0 fully saturated rings. The van der Waals surface area contributed by atoms with Crippen LogP contribution in [0, 0.1) is 0 Å². The van der Waals surface area contributed by atoms with E-state index in [1.807, 2.05) is 13.8 Å². The van der Waals surface area contributed by atoms with Gasteiger partial charge in [0, 0.05) is 22.7 Å². The maximum absolute atomic E-state index is 12.5. The van der Waals surface area contributed by atoms with Crippen LogP contribution in [-0.2, 0) is 10.0 Å². The molecule has 0 radical (unpaired) electrons. The summed E-state index contributed by atoms with van der Waals surface area (Å²) in [7, 11) is -3.55. The van der Waals surface area contributed by atoms with Gasteiger partial charge in [0.1, 0.15) is 0 Å². The molecule has 1 aromatic carbocycles. The molecule has 2 N–H and O–H groups in total. The van der Waals surface area contributed by atoms with Crippen molar-refractivity contribution in [2.24, 2.45) is 0 Å². The maximum atomic E-state index is 12.5. The van der Waals surface area contributed by atoms with Gasteiger partial charge in [-0.3, -0.25) is 0 Å². The van der Waals surface area contributed by atoms with E-state index in [2.05, 4.69) is 22.5 Å². The molecule has 0 saturated carbocycles. The van der Waals surface area contributed by atoms with Gasteiger partial charge in [-0.25, -0.2) is 8.42 Å². The third-order valence-corrected chi connectivity index (χ3v) is 5.45. The summed E-state index contributed by atoms with van der Waals surface area (Å²) in [6.45, 7) is 7.51. The van der Waals surface area contributed by atoms with E-state index < -0.39 is 10.0 Å². The van der Waals surface area contributed by atoms with Crippen LogP contribution in [0.1, 0.15) is 13.8 Å². The molecule has 0 spiro atoms. The first-order valence-electron chi connectivity index (χ1n) is 5.48. The van der Waals surface area contributed by atoms with Gasteiger partial charge in [0.15, 0.2) is 0 Å². The van der Waals surface area contributed by atoms with E-state index in [9.17, 15) is 8.42 Å². The summed E-state index contributed by atoms with van der Waals surface area (Å²) in [5.74, 6) is 0. The average molecular weight is 333 g/mol. The first kappa shape index (κ1) is 15.2. The van der Waals surface area contributed by atoms with Crippen LogP contribution in [0.25, 0.3) is 0 Å². The fraction of sp³-hybridized carbons (Fsp3) is 0.333. The number of halogens is 1. The summed E-state index contributed by atoms with van der Waals surface area (Å²) in [4.78, 5) is 0.215. The number of nitrogens with two attached hydrogens (primary N) is 1. The second kappa shape index (κ2) is 5.86. The summed E-state index contributed by atoms with van der Waals surface area (Å²) in [6.07, 6.45) is 1.57. The fourth-order valence-corrected chi connectivity index (χ4v) is 4.23. The minimum Gasteiger partial charge on any atom is -0.399 e. The molecule has 0 aromatic heterocycles. The molecule has 0 aliphatic heterocycles. The predicted molar refractivity (Wildman–Crippen MR) is 77.8 cm³/mol. The summed E-state index contributed by atoms with van der Waals surface area (Å²) in [6, 6.07) is 4.52. The largest absolute Gasteiger partial charge is 0.399 e. The zero-order valence-electron chi connectivity index (χ0n) is 10.4. The Morgan fingerprint density at radius 1 is 1.50 bits per heavy atom. The normalized spacial score (nSPS) is 12.1. The number of nitrogens with zero attached hydrogens (tertiary/aromatic N) is 1. The zero-order chi connectivity index (χ0) is 13.9. The number of nitrogen functional groups attached to an aromatic ring is 1. The molecule has 0 aliphatic carbocycles. The smallest absolute Gasteiger partial charge is 0.244 e. The molecule has 0 saturated heterocycles. The number of hydrogen-bond acceptors (Lipinski definition) is 3. The molecule has 0 amide bonds. The van der Waals surface area contributed by atoms with E-state index in [1.165, 1.54) is 10.4 Å². The Kier molecular flexibility index (Phi) is 4.95. The first-order valence-corrected chi connectivity index (χ1v) is 7.71. The van der Waals surface area contributed by atoms with Gasteiger partial charge in [-0.1, -0.05) is 6.08 Å². The van der Waals surface area contributed by atoms with Crippen LogP contribution in [-0.4, -0.2) is 25.3 Å². The van der Waals surface area contributed by atoms with Crippen molar-refractivity contribution >= 4 is 31.6 Å². The second-order valence-corrected chi connectivity index (χ2v) is 6.86. The molecule has 1 aromatic rings. The molecule has 18 heavy (non-hydrogen) atoms. The third kappa shape index (κ3) is 3.13. The molecule has 0 bridgehead atoms. The van der Waals surface area contributed by atoms with Crippen molar-refractivity contribution in [3.05, 3.63) is 35.3 Å². The Balaban J connectivity index is 3.30. The van der Waals surface area contributed by atoms with Crippen molar-refractivity contribution in [2.75, 3.05) is 12.3 Å². The van der Waals surface area contributed by atoms with Crippen molar-refractivity contribution in [3.63, 3.8) is 0 Å². The van der Waals surface area contributed by atoms with Crippen LogP contribution < -0.4 is 5.73 Å². The maximum Gasteiger partial charge on any atom is 0.244 e. The van der Waals surface area contributed by atoms with E-state index in [-0.39, 0.29) is 17.5 Å². The number of rotatable bonds is 5. The molecule has 4 nitrogen and oxygen atoms in total. The molecule has 0 unspecified atom stereocenters. The van der Waals surface area contributed by atoms with Crippen molar-refractivity contribution in [2.45, 2.75) is 24.8 Å². The van der Waals surface area contributed by atoms with Gasteiger partial charge in [0.2, 0.25) is 10.0 Å². The third-order valence-electron chi connectivity index (χ3n) is 2.43. The molecule has 0 heterocycles. The summed E-state index contributed by atoms with van der Waals surface area (Å²) < 4.78 is 26.9. The molecule has 0 atom stereocenters. The lowest BCUT2D eigenvalue weighted by Crippen LogP contribution is -2.37. The Labute approximate surface area is 117 Å². The highest BCUT2D eigenvalue weighted by Crippen LogP contribution is 2.27. The number of benzene rings is 1. The van der Waals surface area contributed by atoms with Gasteiger partial charge in [0.05, 0.1) is 4.90 Å². The highest BCUT2D eigenvalue weighted by molar-refractivity contribution is 9.10. The minimum absolute atomic E-state index is 0.141. The minimum atomic E-state index is -3.55. The summed E-state index contributed by atoms with van der Waals surface area (Å²) >= 11 is 3.24. The van der Waals surface area contributed by atoms with Gasteiger partial charge in [-0.15, -0.1) is 6.58 Å². The van der Waals surface area contributed by atoms with Crippen molar-refractivity contribution in [1.82, 2.24) is 4.31 Å². The van der Waals surface area contributed by atoms with Crippen molar-refractivity contribution in [1.29, 1.82) is 0 Å². The van der Waals surface area contributed by atoms with Gasteiger partial charge < -0.3 is 5.73 Å². The fourth-order valence-electron chi connectivity index (χ4n) is 1.57. The summed E-state index contributed by atoms with van der Waals surface area (Å²) in [5, 5.41) is 0. The van der Waals surface area contributed by atoms with Gasteiger partial charge in [0.25, 0.3) is 0 Å². The quantitative estimate of drug-likeness (QED) is 0.665. The SMILES string of the molecule is C=CCN(C(C)C)S(=O)(=O)c1ccc(N)cc1Br. The van der Waals surface area contributed by atoms with Crippen LogP contribution in [0.4, 0.5) is 5.69 Å². The van der Waals surface area contributed by atoms with Crippen LogP contribution in [0.5, 0.6) is 0 Å². The Morgan fingerprint density at radius 3 is 2.56 bits per heavy atom. The van der Waals surface area contributed by atoms with E-state index in [1.54, 1.807) is 18.2 Å². The van der Waals surface area contributed by atoms with Crippen LogP contribution in [0.15, 0.2) is 40.2 Å². The van der Waals surface area contributed by atoms with E-state index in [0.29, 0.717) is 10.2 Å². The average Bonchev–Trinajstić information content (AvgIpc) is 2.24. The van der Waals surface area contributed by atoms with Crippen LogP contribution in [0.2, 0.25) is 0 Å². The highest BCUT2D eigenvalue weighted by atomic mass is 79.9. The molecule has 0 aliphatic rings. The van der Waals surface area contributed by atoms with Gasteiger partial charge in [-0.2, -0.15) is 4.31 Å². The van der Waals surface area contributed by atoms with Crippen LogP contribution in [0.3, 0.4) is 0 Å². The molecular formula is C12H17BrN2O2S.